The molecule has 0 aromatic heterocycles. The predicted molar refractivity (Wildman–Crippen MR) is 123 cm³/mol. The van der Waals surface area contributed by atoms with Crippen LogP contribution in [0.2, 0.25) is 0 Å². The first-order chi connectivity index (χ1) is 13.2. The van der Waals surface area contributed by atoms with E-state index >= 15 is 0 Å². The summed E-state index contributed by atoms with van der Waals surface area (Å²) in [6.45, 7) is 0.990. The summed E-state index contributed by atoms with van der Waals surface area (Å²) in [6.07, 6.45) is 2.28. The summed E-state index contributed by atoms with van der Waals surface area (Å²) >= 11 is 0. The second-order valence-corrected chi connectivity index (χ2v) is 8.60. The minimum absolute atomic E-state index is 0. The van der Waals surface area contributed by atoms with Gasteiger partial charge in [0, 0.05) is 21.2 Å². The number of hydrogen-bond donors (Lipinski definition) is 3. The third kappa shape index (κ3) is 8.84. The Labute approximate surface area is 189 Å². The number of likely N-dealkylation sites (N-methyl/N-ethyl adjacent to an activating group) is 1. The smallest absolute Gasteiger partial charge is 0.241 e. The average molecular weight is 539 g/mol. The number of guanidine groups is 1. The molecule has 11 heteroatoms. The number of hydrogen-bond acceptors (Lipinski definition) is 5. The van der Waals surface area contributed by atoms with Gasteiger partial charge in [-0.05, 0) is 36.5 Å². The van der Waals surface area contributed by atoms with Gasteiger partial charge in [-0.1, -0.05) is 12.1 Å². The fourth-order valence-electron chi connectivity index (χ4n) is 2.57. The van der Waals surface area contributed by atoms with Crippen molar-refractivity contribution in [2.24, 2.45) is 16.0 Å². The van der Waals surface area contributed by atoms with Crippen LogP contribution in [0.15, 0.2) is 34.2 Å². The normalized spacial score (nSPS) is 15.2. The third-order valence-electron chi connectivity index (χ3n) is 4.44. The third-order valence-corrected chi connectivity index (χ3v) is 5.37. The van der Waals surface area contributed by atoms with Gasteiger partial charge < -0.3 is 20.3 Å². The molecule has 164 valence electrons. The molecule has 1 fully saturated rings. The maximum Gasteiger partial charge on any atom is 0.241 e. The largest absolute Gasteiger partial charge is 0.383 e. The highest BCUT2D eigenvalue weighted by atomic mass is 127. The highest BCUT2D eigenvalue weighted by molar-refractivity contribution is 14.0. The molecule has 0 radical (unpaired) electrons. The van der Waals surface area contributed by atoms with E-state index in [4.69, 9.17) is 9.88 Å². The van der Waals surface area contributed by atoms with Crippen LogP contribution < -0.4 is 15.8 Å². The monoisotopic (exact) mass is 539 g/mol. The standard InChI is InChI=1S/C18H29N5O4S.HI/c1-23(2)17(24)11-21-18(22-16(12-27-3)14-6-7-14)20-10-13-4-8-15(9-5-13)28(19,25)26;/h4-5,8-9,14,16H,6-7,10-12H2,1-3H3,(H2,19,25,26)(H2,20,21,22);1H. The Morgan fingerprint density at radius 3 is 2.41 bits per heavy atom. The first-order valence-corrected chi connectivity index (χ1v) is 10.6. The van der Waals surface area contributed by atoms with Crippen molar-refractivity contribution in [2.75, 3.05) is 34.4 Å². The van der Waals surface area contributed by atoms with Gasteiger partial charge in [0.2, 0.25) is 15.9 Å². The molecule has 4 N–H and O–H groups in total. The van der Waals surface area contributed by atoms with Crippen LogP contribution in [0.3, 0.4) is 0 Å². The van der Waals surface area contributed by atoms with Crippen LogP contribution >= 0.6 is 24.0 Å². The van der Waals surface area contributed by atoms with Gasteiger partial charge in [0.15, 0.2) is 5.96 Å². The van der Waals surface area contributed by atoms with Crippen molar-refractivity contribution < 1.29 is 17.9 Å². The number of ether oxygens (including phenoxy) is 1. The van der Waals surface area contributed by atoms with E-state index in [9.17, 15) is 13.2 Å². The lowest BCUT2D eigenvalue weighted by Crippen LogP contribution is -2.48. The number of nitrogens with two attached hydrogens (primary N) is 1. The van der Waals surface area contributed by atoms with Gasteiger partial charge in [-0.15, -0.1) is 24.0 Å². The van der Waals surface area contributed by atoms with Crippen molar-refractivity contribution in [3.63, 3.8) is 0 Å². The molecule has 29 heavy (non-hydrogen) atoms. The molecule has 0 heterocycles. The number of amides is 1. The summed E-state index contributed by atoms with van der Waals surface area (Å²) in [7, 11) is 1.33. The number of halogens is 1. The number of methoxy groups -OCH3 is 1. The van der Waals surface area contributed by atoms with Crippen molar-refractivity contribution in [2.45, 2.75) is 30.3 Å². The minimum atomic E-state index is -3.72. The highest BCUT2D eigenvalue weighted by Crippen LogP contribution is 2.32. The summed E-state index contributed by atoms with van der Waals surface area (Å²) in [5, 5.41) is 11.5. The van der Waals surface area contributed by atoms with Gasteiger partial charge >= 0.3 is 0 Å². The number of aliphatic imine (C=N–C) groups is 1. The molecule has 2 rings (SSSR count). The predicted octanol–water partition coefficient (Wildman–Crippen LogP) is 0.500. The summed E-state index contributed by atoms with van der Waals surface area (Å²) in [5.41, 5.74) is 0.821. The fourth-order valence-corrected chi connectivity index (χ4v) is 3.09. The number of benzene rings is 1. The maximum absolute atomic E-state index is 11.9. The van der Waals surface area contributed by atoms with Gasteiger partial charge in [0.05, 0.1) is 30.6 Å². The lowest BCUT2D eigenvalue weighted by molar-refractivity contribution is -0.127. The summed E-state index contributed by atoms with van der Waals surface area (Å²) < 4.78 is 28.0. The Kier molecular flexibility index (Phi) is 10.3. The van der Waals surface area contributed by atoms with Crippen LogP contribution in [-0.4, -0.2) is 65.6 Å². The van der Waals surface area contributed by atoms with Gasteiger partial charge in [-0.3, -0.25) is 4.79 Å². The molecule has 9 nitrogen and oxygen atoms in total. The molecule has 1 aromatic rings. The minimum Gasteiger partial charge on any atom is -0.383 e. The van der Waals surface area contributed by atoms with Gasteiger partial charge in [-0.25, -0.2) is 18.5 Å². The molecule has 1 unspecified atom stereocenters. The molecule has 1 aliphatic rings. The highest BCUT2D eigenvalue weighted by Gasteiger charge is 2.31. The van der Waals surface area contributed by atoms with E-state index in [0.717, 1.165) is 18.4 Å². The zero-order chi connectivity index (χ0) is 20.7. The van der Waals surface area contributed by atoms with Crippen molar-refractivity contribution in [3.05, 3.63) is 29.8 Å². The van der Waals surface area contributed by atoms with Crippen LogP contribution in [0.4, 0.5) is 0 Å². The number of nitrogens with one attached hydrogen (secondary N) is 2. The van der Waals surface area contributed by atoms with Gasteiger partial charge in [-0.2, -0.15) is 0 Å². The van der Waals surface area contributed by atoms with Crippen molar-refractivity contribution in [1.82, 2.24) is 15.5 Å². The van der Waals surface area contributed by atoms with Gasteiger partial charge in [0.25, 0.3) is 0 Å². The Hall–Kier alpha value is -1.44. The Morgan fingerprint density at radius 1 is 1.31 bits per heavy atom. The molecular formula is C18H30IN5O4S. The van der Waals surface area contributed by atoms with Crippen LogP contribution in [0.1, 0.15) is 18.4 Å². The molecule has 1 saturated carbocycles. The lowest BCUT2D eigenvalue weighted by atomic mass is 10.2. The van der Waals surface area contributed by atoms with Crippen molar-refractivity contribution in [1.29, 1.82) is 0 Å². The van der Waals surface area contributed by atoms with Crippen LogP contribution in [0, 0.1) is 5.92 Å². The first kappa shape index (κ1) is 25.6. The number of rotatable bonds is 9. The number of carbonyl (C=O) groups is 1. The Morgan fingerprint density at radius 2 is 1.93 bits per heavy atom. The second-order valence-electron chi connectivity index (χ2n) is 7.04. The van der Waals surface area contributed by atoms with Crippen LogP contribution in [0.5, 0.6) is 0 Å². The molecule has 1 atom stereocenters. The zero-order valence-electron chi connectivity index (χ0n) is 16.9. The van der Waals surface area contributed by atoms with Crippen molar-refractivity contribution in [3.8, 4) is 0 Å². The average Bonchev–Trinajstić information content (AvgIpc) is 3.47. The number of primary sulfonamides is 1. The molecule has 0 saturated heterocycles. The second kappa shape index (κ2) is 11.7. The fraction of sp³-hybridized carbons (Fsp3) is 0.556. The summed E-state index contributed by atoms with van der Waals surface area (Å²) in [6, 6.07) is 6.36. The Balaban J connectivity index is 0.00000420. The summed E-state index contributed by atoms with van der Waals surface area (Å²) in [5.74, 6) is 0.979. The number of sulfonamides is 1. The Bertz CT molecular complexity index is 795. The maximum atomic E-state index is 11.9. The van der Waals surface area contributed by atoms with E-state index in [-0.39, 0.29) is 47.4 Å². The molecule has 1 amide bonds. The van der Waals surface area contributed by atoms with E-state index in [1.807, 2.05) is 0 Å². The van der Waals surface area contributed by atoms with Crippen molar-refractivity contribution >= 4 is 45.9 Å². The van der Waals surface area contributed by atoms with E-state index in [0.29, 0.717) is 25.0 Å². The van der Waals surface area contributed by atoms with E-state index in [2.05, 4.69) is 15.6 Å². The topological polar surface area (TPSA) is 126 Å². The molecule has 0 aliphatic heterocycles. The van der Waals surface area contributed by atoms with E-state index in [1.165, 1.54) is 17.0 Å². The first-order valence-electron chi connectivity index (χ1n) is 9.06. The zero-order valence-corrected chi connectivity index (χ0v) is 20.1. The quantitative estimate of drug-likeness (QED) is 0.239. The van der Waals surface area contributed by atoms with Gasteiger partial charge in [0.1, 0.15) is 0 Å². The number of carbonyl (C=O) groups excluding carboxylic acids is 1. The SMILES string of the molecule is COCC(NC(=NCc1ccc(S(N)(=O)=O)cc1)NCC(=O)N(C)C)C1CC1.I. The molecular weight excluding hydrogens is 509 g/mol. The van der Waals surface area contributed by atoms with E-state index < -0.39 is 10.0 Å². The number of nitrogens with zero attached hydrogens (tertiary/aromatic N) is 2. The van der Waals surface area contributed by atoms with E-state index in [1.54, 1.807) is 33.3 Å². The molecule has 1 aromatic carbocycles. The lowest BCUT2D eigenvalue weighted by Gasteiger charge is -2.21. The van der Waals surface area contributed by atoms with Crippen LogP contribution in [0.25, 0.3) is 0 Å². The molecule has 1 aliphatic carbocycles. The molecule has 0 spiro atoms. The molecule has 0 bridgehead atoms. The summed E-state index contributed by atoms with van der Waals surface area (Å²) in [4.78, 5) is 18.0. The van der Waals surface area contributed by atoms with Crippen LogP contribution in [-0.2, 0) is 26.1 Å².